The van der Waals surface area contributed by atoms with Gasteiger partial charge in [-0.1, -0.05) is 44.2 Å². The second-order valence-corrected chi connectivity index (χ2v) is 7.48. The van der Waals surface area contributed by atoms with Crippen LogP contribution < -0.4 is 10.6 Å². The molecule has 1 unspecified atom stereocenters. The molecule has 0 aromatic heterocycles. The van der Waals surface area contributed by atoms with Crippen LogP contribution in [-0.4, -0.2) is 39.1 Å². The zero-order chi connectivity index (χ0) is 16.8. The minimum Gasteiger partial charge on any atom is -0.357 e. The van der Waals surface area contributed by atoms with E-state index in [0.29, 0.717) is 5.56 Å². The summed E-state index contributed by atoms with van der Waals surface area (Å²) in [4.78, 5) is 23.5. The maximum Gasteiger partial charge on any atom is 0.243 e. The maximum absolute atomic E-state index is 12.3. The summed E-state index contributed by atoms with van der Waals surface area (Å²) in [5.41, 5.74) is 0.647. The van der Waals surface area contributed by atoms with E-state index in [2.05, 4.69) is 10.6 Å². The third-order valence-corrected chi connectivity index (χ3v) is 4.67. The van der Waals surface area contributed by atoms with Crippen molar-refractivity contribution in [3.8, 4) is 0 Å². The van der Waals surface area contributed by atoms with E-state index in [0.717, 1.165) is 0 Å². The van der Waals surface area contributed by atoms with Gasteiger partial charge >= 0.3 is 0 Å². The maximum atomic E-state index is 12.3. The lowest BCUT2D eigenvalue weighted by atomic mass is 10.2. The van der Waals surface area contributed by atoms with Gasteiger partial charge in [0.1, 0.15) is 6.04 Å². The third kappa shape index (κ3) is 5.85. The lowest BCUT2D eigenvalue weighted by Crippen LogP contribution is -2.50. The summed E-state index contributed by atoms with van der Waals surface area (Å²) < 4.78 is 24.5. The molecule has 2 N–H and O–H groups in total. The molecule has 0 aliphatic rings. The van der Waals surface area contributed by atoms with E-state index in [9.17, 15) is 18.0 Å². The molecule has 1 aromatic carbocycles. The normalized spacial score (nSPS) is 12.7. The fourth-order valence-electron chi connectivity index (χ4n) is 1.84. The zero-order valence-corrected chi connectivity index (χ0v) is 13.8. The monoisotopic (exact) mass is 326 g/mol. The summed E-state index contributed by atoms with van der Waals surface area (Å²) in [5, 5.41) is 4.86. The summed E-state index contributed by atoms with van der Waals surface area (Å²) in [6.45, 7) is 3.35. The van der Waals surface area contributed by atoms with Gasteiger partial charge in [0.25, 0.3) is 0 Å². The average Bonchev–Trinajstić information content (AvgIpc) is 2.45. The van der Waals surface area contributed by atoms with Gasteiger partial charge in [0, 0.05) is 13.0 Å². The minimum atomic E-state index is -3.54. The standard InChI is InChI=1S/C15H22N2O4S/c1-11(2)14(18)17-13(15(19)16-3)10-22(20,21)9-12-7-5-4-6-8-12/h4-8,11,13H,9-10H2,1-3H3,(H,16,19)(H,17,18). The molecular formula is C15H22N2O4S. The third-order valence-electron chi connectivity index (χ3n) is 3.05. The van der Waals surface area contributed by atoms with Crippen molar-refractivity contribution in [2.75, 3.05) is 12.8 Å². The van der Waals surface area contributed by atoms with Gasteiger partial charge in [0.05, 0.1) is 11.5 Å². The van der Waals surface area contributed by atoms with E-state index in [1.165, 1.54) is 7.05 Å². The molecule has 0 bridgehead atoms. The number of benzene rings is 1. The molecule has 0 saturated carbocycles. The Balaban J connectivity index is 2.83. The highest BCUT2D eigenvalue weighted by Crippen LogP contribution is 2.08. The van der Waals surface area contributed by atoms with Gasteiger partial charge in [-0.05, 0) is 5.56 Å². The second-order valence-electron chi connectivity index (χ2n) is 5.37. The van der Waals surface area contributed by atoms with Crippen molar-refractivity contribution in [3.05, 3.63) is 35.9 Å². The van der Waals surface area contributed by atoms with Crippen LogP contribution >= 0.6 is 0 Å². The Bertz CT molecular complexity index is 612. The van der Waals surface area contributed by atoms with E-state index >= 15 is 0 Å². The minimum absolute atomic E-state index is 0.168. The Labute approximate surface area is 131 Å². The van der Waals surface area contributed by atoms with E-state index < -0.39 is 27.5 Å². The first-order valence-electron chi connectivity index (χ1n) is 7.01. The molecular weight excluding hydrogens is 304 g/mol. The van der Waals surface area contributed by atoms with Crippen LogP contribution in [0.4, 0.5) is 0 Å². The SMILES string of the molecule is CNC(=O)C(CS(=O)(=O)Cc1ccccc1)NC(=O)C(C)C. The first kappa shape index (κ1) is 18.2. The van der Waals surface area contributed by atoms with Crippen molar-refractivity contribution in [1.82, 2.24) is 10.6 Å². The summed E-state index contributed by atoms with van der Waals surface area (Å²) in [7, 11) is -2.13. The van der Waals surface area contributed by atoms with Crippen molar-refractivity contribution >= 4 is 21.7 Å². The predicted molar refractivity (Wildman–Crippen MR) is 84.8 cm³/mol. The Morgan fingerprint density at radius 1 is 1.09 bits per heavy atom. The Morgan fingerprint density at radius 3 is 2.18 bits per heavy atom. The van der Waals surface area contributed by atoms with Gasteiger partial charge in [-0.15, -0.1) is 0 Å². The number of likely N-dealkylation sites (N-methyl/N-ethyl adjacent to an activating group) is 1. The molecule has 0 aliphatic carbocycles. The number of rotatable bonds is 7. The highest BCUT2D eigenvalue weighted by Gasteiger charge is 2.27. The fourth-order valence-corrected chi connectivity index (χ4v) is 3.40. The summed E-state index contributed by atoms with van der Waals surface area (Å²) in [6.07, 6.45) is 0. The lowest BCUT2D eigenvalue weighted by Gasteiger charge is -2.18. The molecule has 22 heavy (non-hydrogen) atoms. The van der Waals surface area contributed by atoms with Crippen molar-refractivity contribution in [2.24, 2.45) is 5.92 Å². The van der Waals surface area contributed by atoms with Crippen molar-refractivity contribution in [3.63, 3.8) is 0 Å². The van der Waals surface area contributed by atoms with Crippen LogP contribution in [0, 0.1) is 5.92 Å². The molecule has 0 aliphatic heterocycles. The molecule has 122 valence electrons. The number of hydrogen-bond acceptors (Lipinski definition) is 4. The van der Waals surface area contributed by atoms with Gasteiger partial charge in [0.2, 0.25) is 11.8 Å². The van der Waals surface area contributed by atoms with E-state index in [1.54, 1.807) is 44.2 Å². The van der Waals surface area contributed by atoms with E-state index in [-0.39, 0.29) is 17.6 Å². The quantitative estimate of drug-likeness (QED) is 0.763. The number of carbonyl (C=O) groups is 2. The van der Waals surface area contributed by atoms with Gasteiger partial charge in [-0.2, -0.15) is 0 Å². The van der Waals surface area contributed by atoms with Crippen LogP contribution in [0.3, 0.4) is 0 Å². The van der Waals surface area contributed by atoms with Crippen LogP contribution in [0.2, 0.25) is 0 Å². The molecule has 2 amide bonds. The highest BCUT2D eigenvalue weighted by atomic mass is 32.2. The van der Waals surface area contributed by atoms with Gasteiger partial charge in [-0.3, -0.25) is 9.59 Å². The number of carbonyl (C=O) groups excluding carboxylic acids is 2. The number of nitrogens with one attached hydrogen (secondary N) is 2. The van der Waals surface area contributed by atoms with Crippen molar-refractivity contribution < 1.29 is 18.0 Å². The Kier molecular flexibility index (Phi) is 6.55. The zero-order valence-electron chi connectivity index (χ0n) is 13.0. The van der Waals surface area contributed by atoms with Gasteiger partial charge in [0.15, 0.2) is 9.84 Å². The molecule has 0 spiro atoms. The van der Waals surface area contributed by atoms with Crippen LogP contribution in [0.25, 0.3) is 0 Å². The largest absolute Gasteiger partial charge is 0.357 e. The molecule has 0 fully saturated rings. The molecule has 0 saturated heterocycles. The Morgan fingerprint density at radius 2 is 1.68 bits per heavy atom. The molecule has 6 nitrogen and oxygen atoms in total. The average molecular weight is 326 g/mol. The molecule has 0 heterocycles. The van der Waals surface area contributed by atoms with Gasteiger partial charge < -0.3 is 10.6 Å². The second kappa shape index (κ2) is 7.93. The van der Waals surface area contributed by atoms with Crippen LogP contribution in [0.5, 0.6) is 0 Å². The van der Waals surface area contributed by atoms with Crippen LogP contribution in [0.15, 0.2) is 30.3 Å². The van der Waals surface area contributed by atoms with Crippen molar-refractivity contribution in [2.45, 2.75) is 25.6 Å². The number of sulfone groups is 1. The molecule has 1 aromatic rings. The summed E-state index contributed by atoms with van der Waals surface area (Å²) in [6, 6.07) is 7.63. The number of amides is 2. The topological polar surface area (TPSA) is 92.3 Å². The fraction of sp³-hybridized carbons (Fsp3) is 0.467. The number of hydrogen-bond donors (Lipinski definition) is 2. The molecule has 7 heteroatoms. The summed E-state index contributed by atoms with van der Waals surface area (Å²) >= 11 is 0. The van der Waals surface area contributed by atoms with E-state index in [4.69, 9.17) is 0 Å². The summed E-state index contributed by atoms with van der Waals surface area (Å²) in [5.74, 6) is -1.81. The van der Waals surface area contributed by atoms with E-state index in [1.807, 2.05) is 0 Å². The van der Waals surface area contributed by atoms with Crippen molar-refractivity contribution in [1.29, 1.82) is 0 Å². The van der Waals surface area contributed by atoms with Crippen LogP contribution in [0.1, 0.15) is 19.4 Å². The molecule has 1 rings (SSSR count). The van der Waals surface area contributed by atoms with Gasteiger partial charge in [-0.25, -0.2) is 8.42 Å². The Hall–Kier alpha value is -1.89. The molecule has 0 radical (unpaired) electrons. The lowest BCUT2D eigenvalue weighted by molar-refractivity contribution is -0.129. The smallest absolute Gasteiger partial charge is 0.243 e. The molecule has 1 atom stereocenters. The van der Waals surface area contributed by atoms with Crippen LogP contribution in [-0.2, 0) is 25.2 Å². The first-order valence-corrected chi connectivity index (χ1v) is 8.83. The highest BCUT2D eigenvalue weighted by molar-refractivity contribution is 7.90. The first-order chi connectivity index (χ1) is 10.2. The predicted octanol–water partition coefficient (Wildman–Crippen LogP) is 0.488.